The summed E-state index contributed by atoms with van der Waals surface area (Å²) in [6.45, 7) is 5.68. The molecule has 2 rings (SSSR count). The molecule has 0 radical (unpaired) electrons. The van der Waals surface area contributed by atoms with Gasteiger partial charge >= 0.3 is 0 Å². The molecule has 16 heavy (non-hydrogen) atoms. The Balaban J connectivity index is 2.08. The van der Waals surface area contributed by atoms with Gasteiger partial charge in [-0.1, -0.05) is 17.7 Å². The topological polar surface area (TPSA) is 33.6 Å². The van der Waals surface area contributed by atoms with Crippen molar-refractivity contribution in [2.45, 2.75) is 20.0 Å². The van der Waals surface area contributed by atoms with Crippen LogP contribution in [0.3, 0.4) is 0 Å². The Morgan fingerprint density at radius 3 is 2.94 bits per heavy atom. The molecule has 0 saturated heterocycles. The Morgan fingerprint density at radius 1 is 1.50 bits per heavy atom. The maximum absolute atomic E-state index is 6.10. The van der Waals surface area contributed by atoms with Crippen LogP contribution in [0.2, 0.25) is 5.02 Å². The van der Waals surface area contributed by atoms with Gasteiger partial charge in [-0.15, -0.1) is 0 Å². The zero-order valence-corrected chi connectivity index (χ0v) is 10.2. The smallest absolute Gasteiger partial charge is 0.153 e. The minimum absolute atomic E-state index is 0.0808. The number of nitrogens with zero attached hydrogens (tertiary/aromatic N) is 1. The number of halogens is 1. The summed E-state index contributed by atoms with van der Waals surface area (Å²) in [4.78, 5) is 4.32. The zero-order chi connectivity index (χ0) is 11.5. The number of benzene rings is 1. The van der Waals surface area contributed by atoms with E-state index < -0.39 is 0 Å². The first-order valence-electron chi connectivity index (χ1n) is 5.38. The average Bonchev–Trinajstić information content (AvgIpc) is 2.75. The molecule has 0 amide bonds. The molecule has 0 fully saturated rings. The van der Waals surface area contributed by atoms with Crippen LogP contribution in [0.4, 0.5) is 0 Å². The largest absolute Gasteiger partial charge is 0.481 e. The highest BCUT2D eigenvalue weighted by molar-refractivity contribution is 6.32. The third-order valence-electron chi connectivity index (χ3n) is 2.48. The van der Waals surface area contributed by atoms with Crippen molar-refractivity contribution in [1.29, 1.82) is 0 Å². The van der Waals surface area contributed by atoms with Crippen molar-refractivity contribution in [3.05, 3.63) is 28.8 Å². The van der Waals surface area contributed by atoms with Gasteiger partial charge in [-0.25, -0.2) is 0 Å². The molecule has 86 valence electrons. The fourth-order valence-corrected chi connectivity index (χ4v) is 1.92. The summed E-state index contributed by atoms with van der Waals surface area (Å²) >= 11 is 6.10. The van der Waals surface area contributed by atoms with Crippen LogP contribution in [-0.2, 0) is 0 Å². The minimum Gasteiger partial charge on any atom is -0.481 e. The van der Waals surface area contributed by atoms with E-state index in [1.165, 1.54) is 0 Å². The summed E-state index contributed by atoms with van der Waals surface area (Å²) in [5, 5.41) is 3.83. The second-order valence-corrected chi connectivity index (χ2v) is 4.29. The number of amidine groups is 1. The fraction of sp³-hybridized carbons (Fsp3) is 0.417. The maximum Gasteiger partial charge on any atom is 0.153 e. The van der Waals surface area contributed by atoms with Crippen molar-refractivity contribution in [3.8, 4) is 5.75 Å². The SMILES string of the molecule is Cc1ccc(OC(C)C2=NCCN2)c(Cl)c1. The number of aliphatic imine (C=N–C) groups is 1. The summed E-state index contributed by atoms with van der Waals surface area (Å²) in [6.07, 6.45) is -0.0808. The van der Waals surface area contributed by atoms with Gasteiger partial charge in [-0.05, 0) is 31.5 Å². The average molecular weight is 239 g/mol. The number of hydrogen-bond acceptors (Lipinski definition) is 3. The molecule has 1 heterocycles. The maximum atomic E-state index is 6.10. The predicted molar refractivity (Wildman–Crippen MR) is 66.6 cm³/mol. The van der Waals surface area contributed by atoms with Crippen molar-refractivity contribution in [2.24, 2.45) is 4.99 Å². The molecular formula is C12H15ClN2O. The van der Waals surface area contributed by atoms with E-state index in [1.807, 2.05) is 32.0 Å². The molecule has 0 spiro atoms. The van der Waals surface area contributed by atoms with Crippen LogP contribution >= 0.6 is 11.6 Å². The van der Waals surface area contributed by atoms with Gasteiger partial charge in [-0.2, -0.15) is 0 Å². The van der Waals surface area contributed by atoms with E-state index in [1.54, 1.807) is 0 Å². The minimum atomic E-state index is -0.0808. The van der Waals surface area contributed by atoms with Crippen LogP contribution in [0.15, 0.2) is 23.2 Å². The van der Waals surface area contributed by atoms with Crippen LogP contribution in [0.5, 0.6) is 5.75 Å². The first-order chi connectivity index (χ1) is 7.66. The molecule has 1 aromatic carbocycles. The fourth-order valence-electron chi connectivity index (χ4n) is 1.64. The van der Waals surface area contributed by atoms with Gasteiger partial charge in [0, 0.05) is 6.54 Å². The van der Waals surface area contributed by atoms with Crippen LogP contribution in [0, 0.1) is 6.92 Å². The van der Waals surface area contributed by atoms with E-state index in [9.17, 15) is 0 Å². The van der Waals surface area contributed by atoms with E-state index in [0.717, 1.165) is 24.5 Å². The van der Waals surface area contributed by atoms with Gasteiger partial charge in [0.15, 0.2) is 6.10 Å². The van der Waals surface area contributed by atoms with E-state index in [0.29, 0.717) is 10.8 Å². The van der Waals surface area contributed by atoms with E-state index in [4.69, 9.17) is 16.3 Å². The van der Waals surface area contributed by atoms with Crippen molar-refractivity contribution in [1.82, 2.24) is 5.32 Å². The summed E-state index contributed by atoms with van der Waals surface area (Å²) in [7, 11) is 0. The molecule has 1 aromatic rings. The molecule has 1 aliphatic rings. The number of nitrogens with one attached hydrogen (secondary N) is 1. The molecule has 1 atom stereocenters. The number of aryl methyl sites for hydroxylation is 1. The molecule has 0 aromatic heterocycles. The molecule has 0 bridgehead atoms. The Kier molecular flexibility index (Phi) is 3.34. The highest BCUT2D eigenvalue weighted by Gasteiger charge is 2.16. The monoisotopic (exact) mass is 238 g/mol. The highest BCUT2D eigenvalue weighted by Crippen LogP contribution is 2.26. The zero-order valence-electron chi connectivity index (χ0n) is 9.46. The molecule has 4 heteroatoms. The summed E-state index contributed by atoms with van der Waals surface area (Å²) in [5.74, 6) is 1.60. The van der Waals surface area contributed by atoms with Crippen LogP contribution < -0.4 is 10.1 Å². The van der Waals surface area contributed by atoms with Gasteiger partial charge < -0.3 is 10.1 Å². The lowest BCUT2D eigenvalue weighted by Gasteiger charge is -2.16. The first kappa shape index (κ1) is 11.3. The molecule has 0 saturated carbocycles. The third-order valence-corrected chi connectivity index (χ3v) is 2.77. The van der Waals surface area contributed by atoms with Crippen molar-refractivity contribution < 1.29 is 4.74 Å². The predicted octanol–water partition coefficient (Wildman–Crippen LogP) is 2.42. The molecule has 3 nitrogen and oxygen atoms in total. The standard InChI is InChI=1S/C12H15ClN2O/c1-8-3-4-11(10(13)7-8)16-9(2)12-14-5-6-15-12/h3-4,7,9H,5-6H2,1-2H3,(H,14,15). The molecule has 1 N–H and O–H groups in total. The van der Waals surface area contributed by atoms with Gasteiger partial charge in [0.2, 0.25) is 0 Å². The van der Waals surface area contributed by atoms with Crippen LogP contribution in [0.25, 0.3) is 0 Å². The lowest BCUT2D eigenvalue weighted by molar-refractivity contribution is 0.284. The number of rotatable bonds is 3. The second-order valence-electron chi connectivity index (χ2n) is 3.89. The quantitative estimate of drug-likeness (QED) is 0.878. The van der Waals surface area contributed by atoms with Crippen molar-refractivity contribution >= 4 is 17.4 Å². The Hall–Kier alpha value is -1.22. The van der Waals surface area contributed by atoms with E-state index >= 15 is 0 Å². The van der Waals surface area contributed by atoms with E-state index in [2.05, 4.69) is 10.3 Å². The van der Waals surface area contributed by atoms with E-state index in [-0.39, 0.29) is 6.10 Å². The van der Waals surface area contributed by atoms with Gasteiger partial charge in [0.25, 0.3) is 0 Å². The van der Waals surface area contributed by atoms with Crippen molar-refractivity contribution in [3.63, 3.8) is 0 Å². The summed E-state index contributed by atoms with van der Waals surface area (Å²) < 4.78 is 5.76. The van der Waals surface area contributed by atoms with Crippen molar-refractivity contribution in [2.75, 3.05) is 13.1 Å². The number of hydrogen-bond donors (Lipinski definition) is 1. The molecule has 1 unspecified atom stereocenters. The lowest BCUT2D eigenvalue weighted by atomic mass is 10.2. The van der Waals surface area contributed by atoms with Gasteiger partial charge in [0.1, 0.15) is 11.6 Å². The lowest BCUT2D eigenvalue weighted by Crippen LogP contribution is -2.33. The molecule has 1 aliphatic heterocycles. The Morgan fingerprint density at radius 2 is 2.31 bits per heavy atom. The number of ether oxygens (including phenoxy) is 1. The summed E-state index contributed by atoms with van der Waals surface area (Å²) in [6, 6.07) is 5.77. The second kappa shape index (κ2) is 4.74. The Labute approximate surface area is 100 Å². The Bertz CT molecular complexity index is 417. The normalized spacial score (nSPS) is 16.6. The van der Waals surface area contributed by atoms with Gasteiger partial charge in [-0.3, -0.25) is 4.99 Å². The van der Waals surface area contributed by atoms with Crippen LogP contribution in [-0.4, -0.2) is 25.0 Å². The highest BCUT2D eigenvalue weighted by atomic mass is 35.5. The van der Waals surface area contributed by atoms with Gasteiger partial charge in [0.05, 0.1) is 11.6 Å². The first-order valence-corrected chi connectivity index (χ1v) is 5.75. The summed E-state index contributed by atoms with van der Waals surface area (Å²) in [5.41, 5.74) is 1.13. The third kappa shape index (κ3) is 2.47. The van der Waals surface area contributed by atoms with Crippen LogP contribution in [0.1, 0.15) is 12.5 Å². The molecule has 0 aliphatic carbocycles. The molecular weight excluding hydrogens is 224 g/mol.